The number of carbonyl (C=O) groups excluding carboxylic acids is 2. The van der Waals surface area contributed by atoms with Crippen LogP contribution in [0.15, 0.2) is 158 Å². The van der Waals surface area contributed by atoms with Crippen molar-refractivity contribution in [3.05, 3.63) is 169 Å². The number of benzene rings is 5. The minimum Gasteiger partial charge on any atom is -0.340 e. The van der Waals surface area contributed by atoms with E-state index in [-0.39, 0.29) is 5.91 Å². The van der Waals surface area contributed by atoms with E-state index in [1.54, 1.807) is 52.3 Å². The Kier molecular flexibility index (Phi) is 9.70. The van der Waals surface area contributed by atoms with Crippen LogP contribution in [0, 0.1) is 0 Å². The molecule has 0 aliphatic rings. The summed E-state index contributed by atoms with van der Waals surface area (Å²) in [6.45, 7) is 0. The second-order valence-corrected chi connectivity index (χ2v) is 16.7. The van der Waals surface area contributed by atoms with Crippen molar-refractivity contribution in [2.45, 2.75) is 12.5 Å². The van der Waals surface area contributed by atoms with E-state index in [4.69, 9.17) is 15.0 Å². The largest absolute Gasteiger partial charge is 0.340 e. The topological polar surface area (TPSA) is 123 Å². The molecule has 5 aromatic carbocycles. The molecule has 0 fully saturated rings. The van der Waals surface area contributed by atoms with Gasteiger partial charge in [-0.1, -0.05) is 97.1 Å². The lowest BCUT2D eigenvalue weighted by Gasteiger charge is -2.19. The van der Waals surface area contributed by atoms with Gasteiger partial charge in [-0.25, -0.2) is 15.0 Å². The molecule has 0 radical (unpaired) electrons. The van der Waals surface area contributed by atoms with Crippen LogP contribution >= 0.6 is 34.0 Å². The molecule has 0 saturated heterocycles. The molecule has 59 heavy (non-hydrogen) atoms. The Morgan fingerprint density at radius 1 is 0.525 bits per heavy atom. The zero-order chi connectivity index (χ0) is 39.7. The van der Waals surface area contributed by atoms with E-state index < -0.39 is 11.9 Å². The van der Waals surface area contributed by atoms with Crippen LogP contribution in [0.1, 0.15) is 15.9 Å². The first-order chi connectivity index (χ1) is 29.0. The van der Waals surface area contributed by atoms with Gasteiger partial charge in [0.05, 0.1) is 31.1 Å². The van der Waals surface area contributed by atoms with Crippen LogP contribution < -0.4 is 10.6 Å². The standard InChI is InChI=1S/C47H31N7O2S3/c55-43(32-21-24-35(49-27-32)34-18-10-11-25-48-34)51-36(26-28-12-4-1-5-13-28)44(56)50-33-22-19-31(20-23-33)47-54-39-40-37(52-45(57-40)29-14-6-2-7-15-29)38-41(42(39)59-47)58-46(53-38)30-16-8-3-9-17-30/h1-25,27,36H,26H2,(H,50,56)(H,51,55). The summed E-state index contributed by atoms with van der Waals surface area (Å²) < 4.78 is 3.15. The number of carbonyl (C=O) groups is 2. The molecule has 0 aliphatic carbocycles. The highest BCUT2D eigenvalue weighted by molar-refractivity contribution is 7.31. The molecule has 0 saturated carbocycles. The normalized spacial score (nSPS) is 11.9. The van der Waals surface area contributed by atoms with Crippen LogP contribution in [-0.4, -0.2) is 42.8 Å². The molecule has 9 nitrogen and oxygen atoms in total. The predicted octanol–water partition coefficient (Wildman–Crippen LogP) is 11.0. The average molecular weight is 822 g/mol. The van der Waals surface area contributed by atoms with Crippen molar-refractivity contribution in [2.75, 3.05) is 5.32 Å². The van der Waals surface area contributed by atoms with Crippen LogP contribution in [0.25, 0.3) is 73.8 Å². The van der Waals surface area contributed by atoms with Gasteiger partial charge in [0.1, 0.15) is 37.6 Å². The number of amides is 2. The number of rotatable bonds is 10. The summed E-state index contributed by atoms with van der Waals surface area (Å²) in [6, 6.07) is 45.9. The highest BCUT2D eigenvalue weighted by Crippen LogP contribution is 2.47. The van der Waals surface area contributed by atoms with Gasteiger partial charge in [0.25, 0.3) is 5.91 Å². The number of nitrogens with one attached hydrogen (secondary N) is 2. The lowest BCUT2D eigenvalue weighted by Crippen LogP contribution is -2.45. The molecule has 284 valence electrons. The molecule has 10 aromatic rings. The monoisotopic (exact) mass is 821 g/mol. The van der Waals surface area contributed by atoms with Gasteiger partial charge in [-0.15, -0.1) is 34.0 Å². The summed E-state index contributed by atoms with van der Waals surface area (Å²) in [4.78, 5) is 51.6. The Balaban J connectivity index is 0.937. The fourth-order valence-electron chi connectivity index (χ4n) is 6.86. The molecular weight excluding hydrogens is 791 g/mol. The van der Waals surface area contributed by atoms with Gasteiger partial charge in [-0.2, -0.15) is 0 Å². The molecule has 1 unspecified atom stereocenters. The van der Waals surface area contributed by atoms with E-state index in [0.717, 1.165) is 67.9 Å². The van der Waals surface area contributed by atoms with Gasteiger partial charge in [0, 0.05) is 41.2 Å². The summed E-state index contributed by atoms with van der Waals surface area (Å²) in [5.41, 5.74) is 8.91. The van der Waals surface area contributed by atoms with Crippen molar-refractivity contribution < 1.29 is 9.59 Å². The Bertz CT molecular complexity index is 2990. The van der Waals surface area contributed by atoms with Crippen LogP contribution in [-0.2, 0) is 11.2 Å². The Morgan fingerprint density at radius 2 is 1.07 bits per heavy atom. The van der Waals surface area contributed by atoms with Gasteiger partial charge in [0.2, 0.25) is 5.91 Å². The van der Waals surface area contributed by atoms with Crippen molar-refractivity contribution in [1.29, 1.82) is 0 Å². The number of anilines is 1. The minimum atomic E-state index is -0.852. The average Bonchev–Trinajstić information content (AvgIpc) is 4.06. The van der Waals surface area contributed by atoms with E-state index in [0.29, 0.717) is 29.1 Å². The smallest absolute Gasteiger partial charge is 0.253 e. The molecule has 0 bridgehead atoms. The molecule has 2 N–H and O–H groups in total. The van der Waals surface area contributed by atoms with Gasteiger partial charge in [0.15, 0.2) is 0 Å². The second-order valence-electron chi connectivity index (χ2n) is 13.8. The van der Waals surface area contributed by atoms with Crippen molar-refractivity contribution in [1.82, 2.24) is 30.2 Å². The maximum atomic E-state index is 13.9. The molecule has 5 heterocycles. The number of thiazole rings is 3. The molecule has 10 rings (SSSR count). The van der Waals surface area contributed by atoms with Gasteiger partial charge in [-0.3, -0.25) is 19.6 Å². The van der Waals surface area contributed by atoms with Crippen molar-refractivity contribution in [2.24, 2.45) is 0 Å². The van der Waals surface area contributed by atoms with Crippen LogP contribution in [0.5, 0.6) is 0 Å². The van der Waals surface area contributed by atoms with Crippen LogP contribution in [0.4, 0.5) is 5.69 Å². The Labute approximate surface area is 350 Å². The van der Waals surface area contributed by atoms with Gasteiger partial charge >= 0.3 is 0 Å². The minimum absolute atomic E-state index is 0.303. The molecule has 0 aliphatic heterocycles. The number of fused-ring (bicyclic) bond motifs is 6. The predicted molar refractivity (Wildman–Crippen MR) is 240 cm³/mol. The third-order valence-electron chi connectivity index (χ3n) is 9.83. The fourth-order valence-corrected chi connectivity index (χ4v) is 10.3. The third kappa shape index (κ3) is 7.36. The van der Waals surface area contributed by atoms with E-state index in [2.05, 4.69) is 44.9 Å². The number of aromatic nitrogens is 5. The summed E-state index contributed by atoms with van der Waals surface area (Å²) >= 11 is 4.93. The number of pyridine rings is 2. The summed E-state index contributed by atoms with van der Waals surface area (Å²) in [5.74, 6) is -0.735. The molecule has 5 aromatic heterocycles. The van der Waals surface area contributed by atoms with Crippen molar-refractivity contribution >= 4 is 82.2 Å². The number of hydrogen-bond donors (Lipinski definition) is 2. The second kappa shape index (κ2) is 15.7. The zero-order valence-electron chi connectivity index (χ0n) is 31.1. The number of nitrogens with zero attached hydrogens (tertiary/aromatic N) is 5. The highest BCUT2D eigenvalue weighted by atomic mass is 32.1. The van der Waals surface area contributed by atoms with Crippen LogP contribution in [0.2, 0.25) is 0 Å². The van der Waals surface area contributed by atoms with Gasteiger partial charge in [-0.05, 0) is 54.1 Å². The fraction of sp³-hybridized carbons (Fsp3) is 0.0426. The first kappa shape index (κ1) is 36.4. The van der Waals surface area contributed by atoms with E-state index in [1.165, 1.54) is 6.20 Å². The molecule has 2 amide bonds. The SMILES string of the molecule is O=C(NC(Cc1ccccc1)C(=O)Nc1ccc(-c2nc3c4sc(-c5ccccc5)nc4c4nc(-c5ccccc5)sc4c3s2)cc1)c1ccc(-c2ccccn2)nc1. The lowest BCUT2D eigenvalue weighted by atomic mass is 10.0. The zero-order valence-corrected chi connectivity index (χ0v) is 33.5. The van der Waals surface area contributed by atoms with Gasteiger partial charge < -0.3 is 10.6 Å². The maximum absolute atomic E-state index is 13.9. The first-order valence-corrected chi connectivity index (χ1v) is 21.3. The maximum Gasteiger partial charge on any atom is 0.253 e. The molecule has 0 spiro atoms. The third-order valence-corrected chi connectivity index (χ3v) is 13.3. The number of hydrogen-bond acceptors (Lipinski definition) is 10. The lowest BCUT2D eigenvalue weighted by molar-refractivity contribution is -0.118. The van der Waals surface area contributed by atoms with Crippen LogP contribution in [0.3, 0.4) is 0 Å². The summed E-state index contributed by atoms with van der Waals surface area (Å²) in [7, 11) is 0. The quantitative estimate of drug-likeness (QED) is 0.141. The highest BCUT2D eigenvalue weighted by Gasteiger charge is 2.24. The summed E-state index contributed by atoms with van der Waals surface area (Å²) in [6.07, 6.45) is 3.50. The first-order valence-electron chi connectivity index (χ1n) is 18.8. The Hall–Kier alpha value is -6.99. The Morgan fingerprint density at radius 3 is 1.68 bits per heavy atom. The summed E-state index contributed by atoms with van der Waals surface area (Å²) in [5, 5.41) is 8.70. The van der Waals surface area contributed by atoms with Crippen molar-refractivity contribution in [3.8, 4) is 43.1 Å². The van der Waals surface area contributed by atoms with E-state index in [9.17, 15) is 9.59 Å². The molecule has 1 atom stereocenters. The molecular formula is C47H31N7O2S3. The van der Waals surface area contributed by atoms with Crippen molar-refractivity contribution in [3.63, 3.8) is 0 Å². The van der Waals surface area contributed by atoms with E-state index in [1.807, 2.05) is 109 Å². The molecule has 12 heteroatoms. The van der Waals surface area contributed by atoms with E-state index >= 15 is 0 Å².